The molecule has 0 radical (unpaired) electrons. The molecule has 1 aromatic rings. The molecule has 18 heavy (non-hydrogen) atoms. The Morgan fingerprint density at radius 1 is 1.28 bits per heavy atom. The molecule has 3 heteroatoms. The first-order valence-corrected chi connectivity index (χ1v) is 7.48. The van der Waals surface area contributed by atoms with Crippen LogP contribution in [0, 0.1) is 13.8 Å². The van der Waals surface area contributed by atoms with Crippen molar-refractivity contribution >= 4 is 15.9 Å². The first kappa shape index (κ1) is 15.5. The number of rotatable bonds is 7. The fourth-order valence-electron chi connectivity index (χ4n) is 1.86. The molecule has 1 unspecified atom stereocenters. The number of aryl methyl sites for hydroxylation is 2. The summed E-state index contributed by atoms with van der Waals surface area (Å²) < 4.78 is 7.10. The van der Waals surface area contributed by atoms with Crippen molar-refractivity contribution in [2.45, 2.75) is 46.6 Å². The summed E-state index contributed by atoms with van der Waals surface area (Å²) in [6, 6.07) is 4.17. The number of halogens is 1. The summed E-state index contributed by atoms with van der Waals surface area (Å²) in [5.74, 6) is 0.956. The van der Waals surface area contributed by atoms with Gasteiger partial charge in [0.2, 0.25) is 0 Å². The average molecular weight is 314 g/mol. The number of benzene rings is 1. The van der Waals surface area contributed by atoms with E-state index in [-0.39, 0.29) is 6.10 Å². The van der Waals surface area contributed by atoms with Gasteiger partial charge in [-0.2, -0.15) is 0 Å². The molecule has 0 aliphatic rings. The van der Waals surface area contributed by atoms with E-state index in [0.717, 1.165) is 18.8 Å². The Hall–Kier alpha value is -0.540. The fourth-order valence-corrected chi connectivity index (χ4v) is 2.08. The quantitative estimate of drug-likeness (QED) is 0.761. The van der Waals surface area contributed by atoms with Crippen LogP contribution in [0.2, 0.25) is 0 Å². The highest BCUT2D eigenvalue weighted by atomic mass is 79.9. The highest BCUT2D eigenvalue weighted by Gasteiger charge is 2.07. The number of hydrogen-bond donors (Lipinski definition) is 1. The molecule has 1 rings (SSSR count). The molecule has 0 spiro atoms. The van der Waals surface area contributed by atoms with E-state index in [4.69, 9.17) is 4.74 Å². The summed E-state index contributed by atoms with van der Waals surface area (Å²) in [4.78, 5) is 0. The van der Waals surface area contributed by atoms with Gasteiger partial charge in [0.25, 0.3) is 0 Å². The highest BCUT2D eigenvalue weighted by Crippen LogP contribution is 2.26. The summed E-state index contributed by atoms with van der Waals surface area (Å²) in [6.45, 7) is 10.5. The molecule has 0 aliphatic heterocycles. The third-order valence-electron chi connectivity index (χ3n) is 2.89. The summed E-state index contributed by atoms with van der Waals surface area (Å²) >= 11 is 3.57. The van der Waals surface area contributed by atoms with Crippen LogP contribution in [-0.4, -0.2) is 19.2 Å². The summed E-state index contributed by atoms with van der Waals surface area (Å²) in [6.07, 6.45) is 2.65. The SMILES string of the molecule is CCCCNCC(C)Oc1cc(C)c(Br)c(C)c1. The van der Waals surface area contributed by atoms with E-state index in [1.54, 1.807) is 0 Å². The Morgan fingerprint density at radius 2 is 1.89 bits per heavy atom. The number of nitrogens with one attached hydrogen (secondary N) is 1. The van der Waals surface area contributed by atoms with Gasteiger partial charge in [-0.3, -0.25) is 0 Å². The van der Waals surface area contributed by atoms with Gasteiger partial charge in [0, 0.05) is 11.0 Å². The van der Waals surface area contributed by atoms with Crippen molar-refractivity contribution < 1.29 is 4.74 Å². The molecule has 2 nitrogen and oxygen atoms in total. The molecular formula is C15H24BrNO. The molecule has 0 aromatic heterocycles. The Balaban J connectivity index is 2.46. The fraction of sp³-hybridized carbons (Fsp3) is 0.600. The van der Waals surface area contributed by atoms with Gasteiger partial charge in [-0.05, 0) is 57.0 Å². The van der Waals surface area contributed by atoms with Crippen molar-refractivity contribution in [1.29, 1.82) is 0 Å². The lowest BCUT2D eigenvalue weighted by atomic mass is 10.1. The minimum absolute atomic E-state index is 0.196. The normalized spacial score (nSPS) is 12.5. The maximum atomic E-state index is 5.93. The molecule has 0 aliphatic carbocycles. The molecule has 0 fully saturated rings. The number of unbranched alkanes of at least 4 members (excludes halogenated alkanes) is 1. The van der Waals surface area contributed by atoms with Crippen molar-refractivity contribution in [3.63, 3.8) is 0 Å². The minimum atomic E-state index is 0.196. The van der Waals surface area contributed by atoms with Crippen LogP contribution < -0.4 is 10.1 Å². The van der Waals surface area contributed by atoms with Gasteiger partial charge in [0.1, 0.15) is 11.9 Å². The lowest BCUT2D eigenvalue weighted by Crippen LogP contribution is -2.29. The van der Waals surface area contributed by atoms with Crippen LogP contribution in [0.1, 0.15) is 37.8 Å². The van der Waals surface area contributed by atoms with Crippen molar-refractivity contribution in [2.75, 3.05) is 13.1 Å². The Morgan fingerprint density at radius 3 is 2.44 bits per heavy atom. The van der Waals surface area contributed by atoms with Crippen LogP contribution in [0.3, 0.4) is 0 Å². The second kappa shape index (κ2) is 7.80. The van der Waals surface area contributed by atoms with Crippen molar-refractivity contribution in [2.24, 2.45) is 0 Å². The van der Waals surface area contributed by atoms with Gasteiger partial charge in [-0.15, -0.1) is 0 Å². The molecular weight excluding hydrogens is 290 g/mol. The standard InChI is InChI=1S/C15H24BrNO/c1-5-6-7-17-10-13(4)18-14-8-11(2)15(16)12(3)9-14/h8-9,13,17H,5-7,10H2,1-4H3. The number of hydrogen-bond acceptors (Lipinski definition) is 2. The van der Waals surface area contributed by atoms with E-state index in [0.29, 0.717) is 0 Å². The molecule has 1 atom stereocenters. The van der Waals surface area contributed by atoms with Crippen molar-refractivity contribution in [1.82, 2.24) is 5.32 Å². The lowest BCUT2D eigenvalue weighted by Gasteiger charge is -2.17. The maximum Gasteiger partial charge on any atom is 0.120 e. The van der Waals surface area contributed by atoms with Crippen molar-refractivity contribution in [3.05, 3.63) is 27.7 Å². The van der Waals surface area contributed by atoms with Crippen LogP contribution in [0.4, 0.5) is 0 Å². The van der Waals surface area contributed by atoms with E-state index in [1.165, 1.54) is 28.4 Å². The summed E-state index contributed by atoms with van der Waals surface area (Å²) in [5.41, 5.74) is 2.44. The van der Waals surface area contributed by atoms with Gasteiger partial charge in [-0.1, -0.05) is 29.3 Å². The maximum absolute atomic E-state index is 5.93. The molecule has 0 saturated heterocycles. The zero-order valence-electron chi connectivity index (χ0n) is 11.8. The van der Waals surface area contributed by atoms with Crippen LogP contribution in [0.15, 0.2) is 16.6 Å². The zero-order chi connectivity index (χ0) is 13.5. The number of ether oxygens (including phenoxy) is 1. The van der Waals surface area contributed by atoms with Crippen LogP contribution in [0.25, 0.3) is 0 Å². The summed E-state index contributed by atoms with van der Waals surface area (Å²) in [5, 5.41) is 3.41. The Labute approximate surface area is 119 Å². The van der Waals surface area contributed by atoms with E-state index >= 15 is 0 Å². The van der Waals surface area contributed by atoms with Gasteiger partial charge in [0.05, 0.1) is 0 Å². The largest absolute Gasteiger partial charge is 0.489 e. The smallest absolute Gasteiger partial charge is 0.120 e. The minimum Gasteiger partial charge on any atom is -0.489 e. The molecule has 102 valence electrons. The van der Waals surface area contributed by atoms with Crippen LogP contribution in [0.5, 0.6) is 5.75 Å². The Kier molecular flexibility index (Phi) is 6.72. The van der Waals surface area contributed by atoms with E-state index in [1.807, 2.05) is 0 Å². The lowest BCUT2D eigenvalue weighted by molar-refractivity contribution is 0.217. The monoisotopic (exact) mass is 313 g/mol. The zero-order valence-corrected chi connectivity index (χ0v) is 13.4. The second-order valence-corrected chi connectivity index (χ2v) is 5.65. The second-order valence-electron chi connectivity index (χ2n) is 4.86. The van der Waals surface area contributed by atoms with E-state index in [2.05, 4.69) is 61.1 Å². The molecule has 0 saturated carbocycles. The topological polar surface area (TPSA) is 21.3 Å². The van der Waals surface area contributed by atoms with Crippen molar-refractivity contribution in [3.8, 4) is 5.75 Å². The summed E-state index contributed by atoms with van der Waals surface area (Å²) in [7, 11) is 0. The Bertz CT molecular complexity index is 356. The van der Waals surface area contributed by atoms with Crippen LogP contribution in [-0.2, 0) is 0 Å². The molecule has 1 aromatic carbocycles. The predicted molar refractivity (Wildman–Crippen MR) is 81.5 cm³/mol. The van der Waals surface area contributed by atoms with Gasteiger partial charge < -0.3 is 10.1 Å². The van der Waals surface area contributed by atoms with Gasteiger partial charge in [0.15, 0.2) is 0 Å². The van der Waals surface area contributed by atoms with Gasteiger partial charge >= 0.3 is 0 Å². The third-order valence-corrected chi connectivity index (χ3v) is 4.14. The average Bonchev–Trinajstić information content (AvgIpc) is 2.31. The predicted octanol–water partition coefficient (Wildman–Crippen LogP) is 4.22. The molecule has 0 amide bonds. The first-order valence-electron chi connectivity index (χ1n) is 6.68. The van der Waals surface area contributed by atoms with Crippen LogP contribution >= 0.6 is 15.9 Å². The van der Waals surface area contributed by atoms with Gasteiger partial charge in [-0.25, -0.2) is 0 Å². The van der Waals surface area contributed by atoms with E-state index < -0.39 is 0 Å². The third kappa shape index (κ3) is 4.99. The van der Waals surface area contributed by atoms with E-state index in [9.17, 15) is 0 Å². The molecule has 0 heterocycles. The first-order chi connectivity index (χ1) is 8.54. The molecule has 1 N–H and O–H groups in total. The molecule has 0 bridgehead atoms. The highest BCUT2D eigenvalue weighted by molar-refractivity contribution is 9.10.